The predicted octanol–water partition coefficient (Wildman–Crippen LogP) is 0.564. The first-order chi connectivity index (χ1) is 7.11. The Hall–Kier alpha value is -0.900. The third-order valence-corrected chi connectivity index (χ3v) is 3.07. The Morgan fingerprint density at radius 2 is 2.27 bits per heavy atom. The minimum Gasteiger partial charge on any atom is -0.353 e. The van der Waals surface area contributed by atoms with E-state index < -0.39 is 0 Å². The normalized spacial score (nSPS) is 24.7. The number of ketones is 1. The summed E-state index contributed by atoms with van der Waals surface area (Å²) < 4.78 is 0. The minimum absolute atomic E-state index is 0.0551. The van der Waals surface area contributed by atoms with Crippen LogP contribution < -0.4 is 5.32 Å². The lowest BCUT2D eigenvalue weighted by atomic mass is 10.0. The van der Waals surface area contributed by atoms with E-state index in [0.717, 1.165) is 13.0 Å². The van der Waals surface area contributed by atoms with Crippen LogP contribution in [0.5, 0.6) is 0 Å². The summed E-state index contributed by atoms with van der Waals surface area (Å²) in [5.74, 6) is 0.266. The number of hydrogen-bond acceptors (Lipinski definition) is 3. The molecule has 1 N–H and O–H groups in total. The number of carbonyl (C=O) groups is 2. The van der Waals surface area contributed by atoms with E-state index in [0.29, 0.717) is 13.0 Å². The fraction of sp³-hybridized carbons (Fsp3) is 0.818. The first kappa shape index (κ1) is 12.2. The molecule has 86 valence electrons. The lowest BCUT2D eigenvalue weighted by Crippen LogP contribution is -2.59. The molecule has 15 heavy (non-hydrogen) atoms. The van der Waals surface area contributed by atoms with Gasteiger partial charge in [-0.2, -0.15) is 0 Å². The minimum atomic E-state index is -0.135. The summed E-state index contributed by atoms with van der Waals surface area (Å²) >= 11 is 0. The van der Waals surface area contributed by atoms with Crippen molar-refractivity contribution in [2.75, 3.05) is 13.1 Å². The van der Waals surface area contributed by atoms with E-state index in [-0.39, 0.29) is 23.8 Å². The Morgan fingerprint density at radius 3 is 2.80 bits per heavy atom. The predicted molar refractivity (Wildman–Crippen MR) is 58.6 cm³/mol. The second-order valence-corrected chi connectivity index (χ2v) is 3.95. The van der Waals surface area contributed by atoms with Gasteiger partial charge in [0, 0.05) is 19.5 Å². The first-order valence-corrected chi connectivity index (χ1v) is 5.68. The fourth-order valence-corrected chi connectivity index (χ4v) is 2.10. The van der Waals surface area contributed by atoms with Gasteiger partial charge in [0.2, 0.25) is 5.91 Å². The van der Waals surface area contributed by atoms with E-state index in [9.17, 15) is 9.59 Å². The largest absolute Gasteiger partial charge is 0.353 e. The molecule has 1 saturated heterocycles. The monoisotopic (exact) mass is 212 g/mol. The molecule has 0 spiro atoms. The zero-order chi connectivity index (χ0) is 11.4. The number of Topliss-reactive ketones (excluding diaryl/α,β-unsaturated/α-hetero) is 1. The number of hydrogen-bond donors (Lipinski definition) is 1. The van der Waals surface area contributed by atoms with Crippen LogP contribution in [0.4, 0.5) is 0 Å². The highest BCUT2D eigenvalue weighted by atomic mass is 16.2. The van der Waals surface area contributed by atoms with Crippen molar-refractivity contribution in [2.24, 2.45) is 0 Å². The summed E-state index contributed by atoms with van der Waals surface area (Å²) in [6.07, 6.45) is 1.29. The van der Waals surface area contributed by atoms with Gasteiger partial charge in [0.1, 0.15) is 5.78 Å². The van der Waals surface area contributed by atoms with Crippen LogP contribution in [0.3, 0.4) is 0 Å². The van der Waals surface area contributed by atoms with Crippen LogP contribution in [0.15, 0.2) is 0 Å². The maximum Gasteiger partial charge on any atom is 0.237 e. The molecule has 0 aliphatic carbocycles. The molecule has 1 fully saturated rings. The van der Waals surface area contributed by atoms with Gasteiger partial charge in [-0.15, -0.1) is 0 Å². The second-order valence-electron chi connectivity index (χ2n) is 3.95. The van der Waals surface area contributed by atoms with E-state index >= 15 is 0 Å². The van der Waals surface area contributed by atoms with Gasteiger partial charge >= 0.3 is 0 Å². The van der Waals surface area contributed by atoms with Crippen LogP contribution in [-0.2, 0) is 9.59 Å². The molecule has 4 nitrogen and oxygen atoms in total. The van der Waals surface area contributed by atoms with E-state index in [4.69, 9.17) is 0 Å². The smallest absolute Gasteiger partial charge is 0.237 e. The summed E-state index contributed by atoms with van der Waals surface area (Å²) in [6, 6.07) is -0.268. The summed E-state index contributed by atoms with van der Waals surface area (Å²) in [6.45, 7) is 7.16. The molecule has 2 unspecified atom stereocenters. The number of carbonyl (C=O) groups excluding carboxylic acids is 2. The number of amides is 1. The molecule has 1 heterocycles. The van der Waals surface area contributed by atoms with Gasteiger partial charge in [-0.05, 0) is 13.3 Å². The van der Waals surface area contributed by atoms with Gasteiger partial charge in [-0.3, -0.25) is 14.5 Å². The van der Waals surface area contributed by atoms with E-state index in [1.54, 1.807) is 0 Å². The SMILES string of the molecule is CCC(=O)C(C)N1CCNC(=O)C1CC. The van der Waals surface area contributed by atoms with Crippen molar-refractivity contribution >= 4 is 11.7 Å². The molecule has 0 bridgehead atoms. The molecule has 0 radical (unpaired) electrons. The number of nitrogens with zero attached hydrogens (tertiary/aromatic N) is 1. The van der Waals surface area contributed by atoms with Gasteiger partial charge < -0.3 is 5.32 Å². The van der Waals surface area contributed by atoms with Crippen molar-refractivity contribution in [3.63, 3.8) is 0 Å². The molecule has 1 aliphatic rings. The van der Waals surface area contributed by atoms with Gasteiger partial charge in [0.25, 0.3) is 0 Å². The zero-order valence-electron chi connectivity index (χ0n) is 9.75. The Kier molecular flexibility index (Phi) is 4.27. The Balaban J connectivity index is 2.73. The first-order valence-electron chi connectivity index (χ1n) is 5.68. The van der Waals surface area contributed by atoms with Gasteiger partial charge in [-0.1, -0.05) is 13.8 Å². The second kappa shape index (κ2) is 5.26. The van der Waals surface area contributed by atoms with E-state index in [1.807, 2.05) is 25.7 Å². The average molecular weight is 212 g/mol. The maximum atomic E-state index is 11.6. The molecule has 0 aromatic carbocycles. The topological polar surface area (TPSA) is 49.4 Å². The van der Waals surface area contributed by atoms with Crippen LogP contribution >= 0.6 is 0 Å². The fourth-order valence-electron chi connectivity index (χ4n) is 2.10. The Morgan fingerprint density at radius 1 is 1.60 bits per heavy atom. The van der Waals surface area contributed by atoms with E-state index in [1.165, 1.54) is 0 Å². The number of rotatable bonds is 4. The molecule has 1 rings (SSSR count). The highest BCUT2D eigenvalue weighted by molar-refractivity contribution is 5.86. The van der Waals surface area contributed by atoms with Gasteiger partial charge in [0.15, 0.2) is 0 Å². The molecule has 1 aliphatic heterocycles. The molecule has 0 aromatic rings. The molecule has 1 amide bonds. The molecule has 0 aromatic heterocycles. The molecule has 2 atom stereocenters. The van der Waals surface area contributed by atoms with Gasteiger partial charge in [-0.25, -0.2) is 0 Å². The van der Waals surface area contributed by atoms with Crippen LogP contribution in [0.1, 0.15) is 33.6 Å². The van der Waals surface area contributed by atoms with Crippen molar-refractivity contribution < 1.29 is 9.59 Å². The standard InChI is InChI=1S/C11H20N2O2/c1-4-9-11(15)12-6-7-13(9)8(3)10(14)5-2/h8-9H,4-7H2,1-3H3,(H,12,15). The van der Waals surface area contributed by atoms with Crippen molar-refractivity contribution in [1.29, 1.82) is 0 Å². The summed E-state index contributed by atoms with van der Waals surface area (Å²) in [5, 5.41) is 2.83. The van der Waals surface area contributed by atoms with Gasteiger partial charge in [0.05, 0.1) is 12.1 Å². The van der Waals surface area contributed by atoms with Crippen LogP contribution in [0.25, 0.3) is 0 Å². The average Bonchev–Trinajstić information content (AvgIpc) is 2.26. The summed E-state index contributed by atoms with van der Waals surface area (Å²) in [5.41, 5.74) is 0. The third-order valence-electron chi connectivity index (χ3n) is 3.07. The molecular weight excluding hydrogens is 192 g/mol. The lowest BCUT2D eigenvalue weighted by Gasteiger charge is -2.37. The highest BCUT2D eigenvalue weighted by Gasteiger charge is 2.33. The lowest BCUT2D eigenvalue weighted by molar-refractivity contribution is -0.134. The van der Waals surface area contributed by atoms with Crippen LogP contribution in [-0.4, -0.2) is 41.8 Å². The third kappa shape index (κ3) is 2.56. The van der Waals surface area contributed by atoms with Crippen molar-refractivity contribution in [2.45, 2.75) is 45.7 Å². The number of piperazine rings is 1. The van der Waals surface area contributed by atoms with Crippen LogP contribution in [0, 0.1) is 0 Å². The van der Waals surface area contributed by atoms with Crippen molar-refractivity contribution in [3.8, 4) is 0 Å². The summed E-state index contributed by atoms with van der Waals surface area (Å²) in [7, 11) is 0. The number of nitrogens with one attached hydrogen (secondary N) is 1. The quantitative estimate of drug-likeness (QED) is 0.741. The van der Waals surface area contributed by atoms with Crippen molar-refractivity contribution in [1.82, 2.24) is 10.2 Å². The molecule has 4 heteroatoms. The van der Waals surface area contributed by atoms with Crippen LogP contribution in [0.2, 0.25) is 0 Å². The molecular formula is C11H20N2O2. The highest BCUT2D eigenvalue weighted by Crippen LogP contribution is 2.13. The maximum absolute atomic E-state index is 11.6. The summed E-state index contributed by atoms with van der Waals surface area (Å²) in [4.78, 5) is 25.2. The van der Waals surface area contributed by atoms with Crippen molar-refractivity contribution in [3.05, 3.63) is 0 Å². The molecule has 0 saturated carbocycles. The zero-order valence-corrected chi connectivity index (χ0v) is 9.75. The van der Waals surface area contributed by atoms with E-state index in [2.05, 4.69) is 5.32 Å². The Bertz CT molecular complexity index is 253. The Labute approximate surface area is 91.0 Å².